The number of carbonyl (C=O) groups is 1. The van der Waals surface area contributed by atoms with Crippen molar-refractivity contribution < 1.29 is 9.21 Å². The topological polar surface area (TPSA) is 81.2 Å². The van der Waals surface area contributed by atoms with Gasteiger partial charge in [0.1, 0.15) is 17.3 Å². The Kier molecular flexibility index (Phi) is 3.32. The second-order valence-electron chi connectivity index (χ2n) is 4.08. The molecule has 3 N–H and O–H groups in total. The summed E-state index contributed by atoms with van der Waals surface area (Å²) in [5.41, 5.74) is 6.01. The molecular formula is C13H15N3O2. The monoisotopic (exact) mass is 245 g/mol. The van der Waals surface area contributed by atoms with E-state index in [0.717, 1.165) is 5.76 Å². The van der Waals surface area contributed by atoms with Crippen molar-refractivity contribution in [3.05, 3.63) is 47.5 Å². The Balaban J connectivity index is 2.10. The van der Waals surface area contributed by atoms with Crippen molar-refractivity contribution in [2.45, 2.75) is 19.9 Å². The fraction of sp³-hybridized carbons (Fsp3) is 0.231. The van der Waals surface area contributed by atoms with Crippen LogP contribution in [0.25, 0.3) is 0 Å². The lowest BCUT2D eigenvalue weighted by atomic mass is 10.2. The molecule has 0 aliphatic rings. The van der Waals surface area contributed by atoms with Crippen LogP contribution in [-0.2, 0) is 0 Å². The smallest absolute Gasteiger partial charge is 0.255 e. The molecule has 94 valence electrons. The van der Waals surface area contributed by atoms with Crippen LogP contribution in [0, 0.1) is 6.92 Å². The predicted molar refractivity (Wildman–Crippen MR) is 68.0 cm³/mol. The molecule has 18 heavy (non-hydrogen) atoms. The van der Waals surface area contributed by atoms with E-state index in [2.05, 4.69) is 10.3 Å². The van der Waals surface area contributed by atoms with Crippen molar-refractivity contribution >= 4 is 11.7 Å². The molecule has 2 rings (SSSR count). The first-order valence-electron chi connectivity index (χ1n) is 5.65. The standard InChI is InChI=1S/C13H15N3O2/c1-8-5-6-11(18-8)9(2)16-13(17)10-4-3-7-15-12(10)14/h3-7,9H,1-2H3,(H2,14,15)(H,16,17). The molecule has 0 radical (unpaired) electrons. The Hall–Kier alpha value is -2.30. The van der Waals surface area contributed by atoms with E-state index < -0.39 is 0 Å². The van der Waals surface area contributed by atoms with E-state index in [1.165, 1.54) is 0 Å². The van der Waals surface area contributed by atoms with Gasteiger partial charge in [0, 0.05) is 6.20 Å². The van der Waals surface area contributed by atoms with Gasteiger partial charge in [-0.15, -0.1) is 0 Å². The second kappa shape index (κ2) is 4.91. The number of carbonyl (C=O) groups excluding carboxylic acids is 1. The van der Waals surface area contributed by atoms with Gasteiger partial charge in [-0.3, -0.25) is 4.79 Å². The molecule has 0 aliphatic heterocycles. The van der Waals surface area contributed by atoms with Crippen molar-refractivity contribution in [3.63, 3.8) is 0 Å². The number of aryl methyl sites for hydroxylation is 1. The summed E-state index contributed by atoms with van der Waals surface area (Å²) in [6.07, 6.45) is 1.55. The van der Waals surface area contributed by atoms with Gasteiger partial charge in [0.05, 0.1) is 11.6 Å². The summed E-state index contributed by atoms with van der Waals surface area (Å²) in [7, 11) is 0. The Morgan fingerprint density at radius 2 is 2.22 bits per heavy atom. The van der Waals surface area contributed by atoms with Gasteiger partial charge in [-0.1, -0.05) is 0 Å². The predicted octanol–water partition coefficient (Wildman–Crippen LogP) is 2.06. The third-order valence-electron chi connectivity index (χ3n) is 2.62. The molecule has 1 amide bonds. The number of nitrogens with one attached hydrogen (secondary N) is 1. The fourth-order valence-electron chi connectivity index (χ4n) is 1.64. The van der Waals surface area contributed by atoms with Crippen molar-refractivity contribution in [2.75, 3.05) is 5.73 Å². The first-order chi connectivity index (χ1) is 8.58. The van der Waals surface area contributed by atoms with Crippen molar-refractivity contribution in [3.8, 4) is 0 Å². The quantitative estimate of drug-likeness (QED) is 0.867. The van der Waals surface area contributed by atoms with Crippen molar-refractivity contribution in [1.29, 1.82) is 0 Å². The number of nitrogens with zero attached hydrogens (tertiary/aromatic N) is 1. The molecule has 0 fully saturated rings. The van der Waals surface area contributed by atoms with E-state index in [0.29, 0.717) is 11.3 Å². The van der Waals surface area contributed by atoms with Crippen molar-refractivity contribution in [1.82, 2.24) is 10.3 Å². The van der Waals surface area contributed by atoms with Gasteiger partial charge in [0.15, 0.2) is 0 Å². The molecule has 0 saturated carbocycles. The Morgan fingerprint density at radius 3 is 2.83 bits per heavy atom. The molecule has 0 bridgehead atoms. The number of anilines is 1. The van der Waals surface area contributed by atoms with Gasteiger partial charge in [-0.25, -0.2) is 4.98 Å². The number of aromatic nitrogens is 1. The Morgan fingerprint density at radius 1 is 1.44 bits per heavy atom. The number of pyridine rings is 1. The summed E-state index contributed by atoms with van der Waals surface area (Å²) in [5, 5.41) is 2.81. The van der Waals surface area contributed by atoms with Gasteiger partial charge in [0.25, 0.3) is 5.91 Å². The second-order valence-corrected chi connectivity index (χ2v) is 4.08. The molecule has 0 spiro atoms. The first-order valence-corrected chi connectivity index (χ1v) is 5.65. The summed E-state index contributed by atoms with van der Waals surface area (Å²) in [6, 6.07) is 6.79. The normalized spacial score (nSPS) is 12.1. The van der Waals surface area contributed by atoms with Crippen LogP contribution in [0.5, 0.6) is 0 Å². The molecule has 0 aromatic carbocycles. The largest absolute Gasteiger partial charge is 0.464 e. The van der Waals surface area contributed by atoms with Crippen molar-refractivity contribution in [2.24, 2.45) is 0 Å². The Bertz CT molecular complexity index is 563. The van der Waals surface area contributed by atoms with Crippen LogP contribution in [0.15, 0.2) is 34.9 Å². The van der Waals surface area contributed by atoms with Crippen LogP contribution >= 0.6 is 0 Å². The van der Waals surface area contributed by atoms with Gasteiger partial charge in [-0.05, 0) is 38.1 Å². The zero-order valence-electron chi connectivity index (χ0n) is 10.3. The van der Waals surface area contributed by atoms with E-state index in [1.54, 1.807) is 18.3 Å². The van der Waals surface area contributed by atoms with Crippen LogP contribution in [0.4, 0.5) is 5.82 Å². The lowest BCUT2D eigenvalue weighted by Gasteiger charge is -2.12. The van der Waals surface area contributed by atoms with E-state index in [1.807, 2.05) is 26.0 Å². The molecule has 2 aromatic heterocycles. The summed E-state index contributed by atoms with van der Waals surface area (Å²) in [6.45, 7) is 3.71. The summed E-state index contributed by atoms with van der Waals surface area (Å²) in [4.78, 5) is 15.9. The lowest BCUT2D eigenvalue weighted by molar-refractivity contribution is 0.0935. The molecule has 0 saturated heterocycles. The van der Waals surface area contributed by atoms with Crippen LogP contribution in [-0.4, -0.2) is 10.9 Å². The lowest BCUT2D eigenvalue weighted by Crippen LogP contribution is -2.27. The van der Waals surface area contributed by atoms with Crippen LogP contribution in [0.1, 0.15) is 34.8 Å². The highest BCUT2D eigenvalue weighted by molar-refractivity contribution is 5.98. The highest BCUT2D eigenvalue weighted by atomic mass is 16.3. The molecule has 1 atom stereocenters. The first kappa shape index (κ1) is 12.2. The van der Waals surface area contributed by atoms with E-state index in [4.69, 9.17) is 10.2 Å². The maximum absolute atomic E-state index is 12.0. The number of nitrogens with two attached hydrogens (primary N) is 1. The number of hydrogen-bond acceptors (Lipinski definition) is 4. The van der Waals surface area contributed by atoms with Crippen LogP contribution < -0.4 is 11.1 Å². The van der Waals surface area contributed by atoms with Crippen LogP contribution in [0.3, 0.4) is 0 Å². The number of rotatable bonds is 3. The molecule has 2 aromatic rings. The minimum Gasteiger partial charge on any atom is -0.464 e. The number of nitrogen functional groups attached to an aromatic ring is 1. The highest BCUT2D eigenvalue weighted by Crippen LogP contribution is 2.17. The molecule has 2 heterocycles. The van der Waals surface area contributed by atoms with Gasteiger partial charge in [0.2, 0.25) is 0 Å². The molecule has 5 nitrogen and oxygen atoms in total. The zero-order chi connectivity index (χ0) is 13.1. The van der Waals surface area contributed by atoms with E-state index >= 15 is 0 Å². The summed E-state index contributed by atoms with van der Waals surface area (Å²) >= 11 is 0. The van der Waals surface area contributed by atoms with E-state index in [-0.39, 0.29) is 17.8 Å². The third kappa shape index (κ3) is 2.51. The van der Waals surface area contributed by atoms with Gasteiger partial charge < -0.3 is 15.5 Å². The van der Waals surface area contributed by atoms with E-state index in [9.17, 15) is 4.79 Å². The Labute approximate surface area is 105 Å². The summed E-state index contributed by atoms with van der Waals surface area (Å²) in [5.74, 6) is 1.48. The van der Waals surface area contributed by atoms with Gasteiger partial charge >= 0.3 is 0 Å². The molecule has 0 aliphatic carbocycles. The highest BCUT2D eigenvalue weighted by Gasteiger charge is 2.15. The maximum atomic E-state index is 12.0. The average molecular weight is 245 g/mol. The SMILES string of the molecule is Cc1ccc(C(C)NC(=O)c2cccnc2N)o1. The average Bonchev–Trinajstić information content (AvgIpc) is 2.76. The third-order valence-corrected chi connectivity index (χ3v) is 2.62. The van der Waals surface area contributed by atoms with Gasteiger partial charge in [-0.2, -0.15) is 0 Å². The minimum atomic E-state index is -0.262. The fourth-order valence-corrected chi connectivity index (χ4v) is 1.64. The number of furan rings is 1. The molecule has 5 heteroatoms. The molecular weight excluding hydrogens is 230 g/mol. The minimum absolute atomic E-state index is 0.217. The van der Waals surface area contributed by atoms with Crippen LogP contribution in [0.2, 0.25) is 0 Å². The maximum Gasteiger partial charge on any atom is 0.255 e. The number of amides is 1. The molecule has 1 unspecified atom stereocenters. The summed E-state index contributed by atoms with van der Waals surface area (Å²) < 4.78 is 5.45. The zero-order valence-corrected chi connectivity index (χ0v) is 10.3. The number of hydrogen-bond donors (Lipinski definition) is 2.